The summed E-state index contributed by atoms with van der Waals surface area (Å²) in [4.78, 5) is 10.6. The lowest BCUT2D eigenvalue weighted by Crippen LogP contribution is -2.33. The molecule has 0 radical (unpaired) electrons. The average Bonchev–Trinajstić information content (AvgIpc) is 3.07. The average molecular weight is 264 g/mol. The maximum absolute atomic E-state index is 5.80. The van der Waals surface area contributed by atoms with Crippen LogP contribution < -0.4 is 11.1 Å². The van der Waals surface area contributed by atoms with Crippen LogP contribution in [0.4, 0.5) is 0 Å². The molecule has 0 atom stereocenters. The SMILES string of the molecule is NC(=NCCc1nc2c(s1)CCCC2)NC1CC1. The minimum Gasteiger partial charge on any atom is -0.370 e. The van der Waals surface area contributed by atoms with Crippen LogP contribution >= 0.6 is 11.3 Å². The van der Waals surface area contributed by atoms with Crippen LogP contribution in [0, 0.1) is 0 Å². The van der Waals surface area contributed by atoms with Crippen molar-refractivity contribution in [3.05, 3.63) is 15.6 Å². The standard InChI is InChI=1S/C13H20N4S/c14-13(16-9-5-6-9)15-8-7-12-17-10-3-1-2-4-11(10)18-12/h9H,1-8H2,(H3,14,15,16). The molecule has 1 saturated carbocycles. The van der Waals surface area contributed by atoms with Crippen molar-refractivity contribution in [1.29, 1.82) is 0 Å². The summed E-state index contributed by atoms with van der Waals surface area (Å²) >= 11 is 1.87. The van der Waals surface area contributed by atoms with Crippen molar-refractivity contribution in [2.75, 3.05) is 6.54 Å². The minimum absolute atomic E-state index is 0.584. The number of hydrogen-bond acceptors (Lipinski definition) is 3. The molecule has 18 heavy (non-hydrogen) atoms. The Balaban J connectivity index is 1.51. The van der Waals surface area contributed by atoms with Crippen molar-refractivity contribution >= 4 is 17.3 Å². The number of aryl methyl sites for hydroxylation is 2. The summed E-state index contributed by atoms with van der Waals surface area (Å²) in [5.41, 5.74) is 7.14. The van der Waals surface area contributed by atoms with Gasteiger partial charge in [0.1, 0.15) is 0 Å². The molecule has 0 unspecified atom stereocenters. The Hall–Kier alpha value is -1.10. The molecule has 0 spiro atoms. The third-order valence-corrected chi connectivity index (χ3v) is 4.64. The highest BCUT2D eigenvalue weighted by Crippen LogP contribution is 2.26. The van der Waals surface area contributed by atoms with E-state index in [1.807, 2.05) is 11.3 Å². The molecule has 3 N–H and O–H groups in total. The molecule has 1 fully saturated rings. The Bertz CT molecular complexity index is 424. The van der Waals surface area contributed by atoms with E-state index >= 15 is 0 Å². The highest BCUT2D eigenvalue weighted by atomic mass is 32.1. The maximum Gasteiger partial charge on any atom is 0.188 e. The van der Waals surface area contributed by atoms with E-state index in [4.69, 9.17) is 10.7 Å². The highest BCUT2D eigenvalue weighted by Gasteiger charge is 2.21. The maximum atomic E-state index is 5.80. The minimum atomic E-state index is 0.584. The van der Waals surface area contributed by atoms with Crippen LogP contribution in [0.1, 0.15) is 41.3 Å². The number of rotatable bonds is 4. The zero-order valence-corrected chi connectivity index (χ0v) is 11.4. The lowest BCUT2D eigenvalue weighted by atomic mass is 10.0. The van der Waals surface area contributed by atoms with Crippen molar-refractivity contribution in [2.45, 2.75) is 51.0 Å². The first-order chi connectivity index (χ1) is 8.81. The molecule has 3 rings (SSSR count). The fraction of sp³-hybridized carbons (Fsp3) is 0.692. The van der Waals surface area contributed by atoms with Crippen molar-refractivity contribution in [2.24, 2.45) is 10.7 Å². The van der Waals surface area contributed by atoms with E-state index in [1.54, 1.807) is 0 Å². The number of nitrogens with two attached hydrogens (primary N) is 1. The van der Waals surface area contributed by atoms with Crippen LogP contribution in [0.15, 0.2) is 4.99 Å². The lowest BCUT2D eigenvalue weighted by molar-refractivity contribution is 0.680. The summed E-state index contributed by atoms with van der Waals surface area (Å²) in [5, 5.41) is 4.43. The molecule has 4 nitrogen and oxygen atoms in total. The molecular formula is C13H20N4S. The number of guanidine groups is 1. The normalized spacial score (nSPS) is 19.7. The second kappa shape index (κ2) is 5.26. The van der Waals surface area contributed by atoms with Gasteiger partial charge in [0.15, 0.2) is 5.96 Å². The van der Waals surface area contributed by atoms with Gasteiger partial charge in [-0.3, -0.25) is 4.99 Å². The number of aliphatic imine (C=N–C) groups is 1. The quantitative estimate of drug-likeness (QED) is 0.642. The van der Waals surface area contributed by atoms with E-state index in [0.717, 1.165) is 13.0 Å². The topological polar surface area (TPSA) is 63.3 Å². The van der Waals surface area contributed by atoms with Gasteiger partial charge in [0.05, 0.1) is 10.7 Å². The van der Waals surface area contributed by atoms with E-state index < -0.39 is 0 Å². The molecule has 5 heteroatoms. The van der Waals surface area contributed by atoms with Crippen LogP contribution in [0.3, 0.4) is 0 Å². The predicted molar refractivity (Wildman–Crippen MR) is 75.1 cm³/mol. The number of nitrogens with zero attached hydrogens (tertiary/aromatic N) is 2. The van der Waals surface area contributed by atoms with Crippen LogP contribution in [0.5, 0.6) is 0 Å². The molecule has 2 aliphatic carbocycles. The zero-order valence-electron chi connectivity index (χ0n) is 10.6. The zero-order chi connectivity index (χ0) is 12.4. The molecule has 0 amide bonds. The molecule has 1 aromatic rings. The van der Waals surface area contributed by atoms with Crippen LogP contribution in [0.2, 0.25) is 0 Å². The van der Waals surface area contributed by atoms with E-state index in [0.29, 0.717) is 12.0 Å². The van der Waals surface area contributed by atoms with Gasteiger partial charge in [0.2, 0.25) is 0 Å². The van der Waals surface area contributed by atoms with E-state index in [1.165, 1.54) is 54.1 Å². The molecule has 1 aromatic heterocycles. The van der Waals surface area contributed by atoms with E-state index in [9.17, 15) is 0 Å². The summed E-state index contributed by atoms with van der Waals surface area (Å²) in [6.07, 6.45) is 8.40. The Morgan fingerprint density at radius 1 is 1.39 bits per heavy atom. The predicted octanol–water partition coefficient (Wildman–Crippen LogP) is 1.63. The molecular weight excluding hydrogens is 244 g/mol. The molecule has 0 aromatic carbocycles. The summed E-state index contributed by atoms with van der Waals surface area (Å²) in [5.74, 6) is 0.596. The van der Waals surface area contributed by atoms with Gasteiger partial charge in [-0.2, -0.15) is 0 Å². The van der Waals surface area contributed by atoms with Gasteiger partial charge in [-0.25, -0.2) is 4.98 Å². The van der Waals surface area contributed by atoms with Gasteiger partial charge in [0, 0.05) is 23.9 Å². The highest BCUT2D eigenvalue weighted by molar-refractivity contribution is 7.11. The van der Waals surface area contributed by atoms with Gasteiger partial charge in [-0.1, -0.05) is 0 Å². The van der Waals surface area contributed by atoms with Crippen molar-refractivity contribution in [1.82, 2.24) is 10.3 Å². The second-order valence-corrected chi connectivity index (χ2v) is 6.29. The fourth-order valence-electron chi connectivity index (χ4n) is 2.27. The first kappa shape index (κ1) is 12.0. The van der Waals surface area contributed by atoms with Gasteiger partial charge >= 0.3 is 0 Å². The lowest BCUT2D eigenvalue weighted by Gasteiger charge is -2.06. The van der Waals surface area contributed by atoms with Gasteiger partial charge in [-0.05, 0) is 38.5 Å². The van der Waals surface area contributed by atoms with Gasteiger partial charge in [-0.15, -0.1) is 11.3 Å². The summed E-state index contributed by atoms with van der Waals surface area (Å²) in [6.45, 7) is 0.748. The van der Waals surface area contributed by atoms with Crippen molar-refractivity contribution in [3.63, 3.8) is 0 Å². The molecule has 0 saturated heterocycles. The molecule has 0 aliphatic heterocycles. The van der Waals surface area contributed by atoms with Crippen molar-refractivity contribution in [3.8, 4) is 0 Å². The second-order valence-electron chi connectivity index (χ2n) is 5.12. The third kappa shape index (κ3) is 3.02. The van der Waals surface area contributed by atoms with Crippen molar-refractivity contribution < 1.29 is 0 Å². The van der Waals surface area contributed by atoms with Gasteiger partial charge in [0.25, 0.3) is 0 Å². The summed E-state index contributed by atoms with van der Waals surface area (Å²) in [7, 11) is 0. The fourth-order valence-corrected chi connectivity index (χ4v) is 3.41. The third-order valence-electron chi connectivity index (χ3n) is 3.43. The molecule has 2 aliphatic rings. The Morgan fingerprint density at radius 2 is 2.22 bits per heavy atom. The monoisotopic (exact) mass is 264 g/mol. The van der Waals surface area contributed by atoms with Gasteiger partial charge < -0.3 is 11.1 Å². The molecule has 1 heterocycles. The largest absolute Gasteiger partial charge is 0.370 e. The summed E-state index contributed by atoms with van der Waals surface area (Å²) in [6, 6.07) is 0.584. The number of fused-ring (bicyclic) bond motifs is 1. The smallest absolute Gasteiger partial charge is 0.188 e. The number of thiazole rings is 1. The Morgan fingerprint density at radius 3 is 3.00 bits per heavy atom. The first-order valence-corrected chi connectivity index (χ1v) is 7.67. The van der Waals surface area contributed by atoms with Crippen LogP contribution in [-0.2, 0) is 19.3 Å². The van der Waals surface area contributed by atoms with E-state index in [-0.39, 0.29) is 0 Å². The molecule has 0 bridgehead atoms. The van der Waals surface area contributed by atoms with E-state index in [2.05, 4.69) is 10.3 Å². The number of hydrogen-bond donors (Lipinski definition) is 2. The first-order valence-electron chi connectivity index (χ1n) is 6.85. The van der Waals surface area contributed by atoms with Crippen LogP contribution in [-0.4, -0.2) is 23.5 Å². The summed E-state index contributed by atoms with van der Waals surface area (Å²) < 4.78 is 0. The molecule has 98 valence electrons. The Labute approximate surface area is 112 Å². The Kier molecular flexibility index (Phi) is 3.50. The number of aromatic nitrogens is 1. The van der Waals surface area contributed by atoms with Crippen LogP contribution in [0.25, 0.3) is 0 Å². The number of nitrogens with one attached hydrogen (secondary N) is 1.